The van der Waals surface area contributed by atoms with Gasteiger partial charge in [0.1, 0.15) is 30.5 Å². The van der Waals surface area contributed by atoms with Gasteiger partial charge in [-0.15, -0.1) is 0 Å². The summed E-state index contributed by atoms with van der Waals surface area (Å²) in [6.07, 6.45) is -7.56. The Labute approximate surface area is 304 Å². The minimum Gasteiger partial charge on any atom is -0.476 e. The molecule has 1 aromatic carbocycles. The molecule has 2 aliphatic carbocycles. The molecule has 2 saturated carbocycles. The van der Waals surface area contributed by atoms with E-state index in [4.69, 9.17) is 33.2 Å². The summed E-state index contributed by atoms with van der Waals surface area (Å²) >= 11 is 0. The molecule has 292 valence electrons. The molecule has 5 N–H and O–H groups in total. The topological polar surface area (TPSA) is 200 Å². The lowest BCUT2D eigenvalue weighted by atomic mass is 9.79. The highest BCUT2D eigenvalue weighted by Crippen LogP contribution is 2.39. The van der Waals surface area contributed by atoms with Crippen LogP contribution in [-0.4, -0.2) is 124 Å². The van der Waals surface area contributed by atoms with Crippen LogP contribution in [0, 0.1) is 17.8 Å². The van der Waals surface area contributed by atoms with Crippen molar-refractivity contribution in [1.82, 2.24) is 0 Å². The summed E-state index contributed by atoms with van der Waals surface area (Å²) in [6.45, 7) is 6.64. The molecule has 4 fully saturated rings. The number of carbonyl (C=O) groups excluding carboxylic acids is 2. The predicted octanol–water partition coefficient (Wildman–Crippen LogP) is 2.37. The first-order valence-electron chi connectivity index (χ1n) is 18.7. The van der Waals surface area contributed by atoms with Crippen molar-refractivity contribution in [2.24, 2.45) is 17.8 Å². The number of aliphatic hydroxyl groups is 5. The number of allylic oxidation sites excluding steroid dienone is 1. The molecule has 2 aliphatic heterocycles. The molecular formula is C38H56O14. The molecule has 0 radical (unpaired) electrons. The maximum Gasteiger partial charge on any atom is 0.373 e. The van der Waals surface area contributed by atoms with Crippen LogP contribution in [-0.2, 0) is 38.0 Å². The van der Waals surface area contributed by atoms with Crippen molar-refractivity contribution in [3.05, 3.63) is 47.7 Å². The Hall–Kier alpha value is -2.66. The van der Waals surface area contributed by atoms with Gasteiger partial charge in [-0.05, 0) is 75.5 Å². The van der Waals surface area contributed by atoms with Crippen LogP contribution >= 0.6 is 0 Å². The molecule has 2 heterocycles. The molecule has 2 saturated heterocycles. The summed E-state index contributed by atoms with van der Waals surface area (Å²) in [5, 5.41) is 53.4. The van der Waals surface area contributed by atoms with Gasteiger partial charge in [-0.25, -0.2) is 9.59 Å². The Morgan fingerprint density at radius 3 is 2.19 bits per heavy atom. The van der Waals surface area contributed by atoms with Gasteiger partial charge in [0.05, 0.1) is 37.1 Å². The van der Waals surface area contributed by atoms with Gasteiger partial charge in [-0.2, -0.15) is 0 Å². The third-order valence-electron chi connectivity index (χ3n) is 10.6. The van der Waals surface area contributed by atoms with Crippen molar-refractivity contribution in [1.29, 1.82) is 0 Å². The highest BCUT2D eigenvalue weighted by atomic mass is 16.7. The number of rotatable bonds is 12. The largest absolute Gasteiger partial charge is 0.476 e. The van der Waals surface area contributed by atoms with Crippen LogP contribution in [0.4, 0.5) is 0 Å². The fourth-order valence-electron chi connectivity index (χ4n) is 7.77. The minimum absolute atomic E-state index is 0.0268. The number of benzene rings is 1. The summed E-state index contributed by atoms with van der Waals surface area (Å²) in [6, 6.07) is 8.21. The number of esters is 2. The molecule has 14 unspecified atom stereocenters. The van der Waals surface area contributed by atoms with E-state index < -0.39 is 92.2 Å². The van der Waals surface area contributed by atoms with Crippen LogP contribution < -0.4 is 0 Å². The number of aliphatic hydroxyl groups excluding tert-OH is 5. The Kier molecular flexibility index (Phi) is 14.5. The summed E-state index contributed by atoms with van der Waals surface area (Å²) in [7, 11) is 0. The number of carbonyl (C=O) groups is 2. The zero-order chi connectivity index (χ0) is 37.5. The number of ether oxygens (including phenoxy) is 7. The predicted molar refractivity (Wildman–Crippen MR) is 183 cm³/mol. The van der Waals surface area contributed by atoms with Gasteiger partial charge in [-0.1, -0.05) is 51.3 Å². The first kappa shape index (κ1) is 40.5. The van der Waals surface area contributed by atoms with E-state index in [0.717, 1.165) is 38.5 Å². The molecule has 14 atom stereocenters. The van der Waals surface area contributed by atoms with Crippen molar-refractivity contribution < 1.29 is 68.3 Å². The lowest BCUT2D eigenvalue weighted by Gasteiger charge is -2.48. The Balaban J connectivity index is 1.48. The molecule has 52 heavy (non-hydrogen) atoms. The van der Waals surface area contributed by atoms with Crippen LogP contribution in [0.15, 0.2) is 42.2 Å². The molecule has 1 aromatic rings. The first-order valence-corrected chi connectivity index (χ1v) is 18.7. The highest BCUT2D eigenvalue weighted by molar-refractivity contribution is 5.89. The molecule has 4 aliphatic rings. The Morgan fingerprint density at radius 1 is 0.808 bits per heavy atom. The third kappa shape index (κ3) is 9.71. The van der Waals surface area contributed by atoms with Crippen molar-refractivity contribution >= 4 is 11.9 Å². The van der Waals surface area contributed by atoms with Crippen LogP contribution in [0.25, 0.3) is 0 Å². The van der Waals surface area contributed by atoms with Crippen LogP contribution in [0.2, 0.25) is 0 Å². The number of hydrogen-bond donors (Lipinski definition) is 5. The van der Waals surface area contributed by atoms with E-state index in [1.165, 1.54) is 0 Å². The van der Waals surface area contributed by atoms with E-state index in [-0.39, 0.29) is 35.7 Å². The van der Waals surface area contributed by atoms with E-state index >= 15 is 0 Å². The second kappa shape index (κ2) is 18.6. The van der Waals surface area contributed by atoms with Crippen LogP contribution in [0.5, 0.6) is 0 Å². The normalized spacial score (nSPS) is 39.1. The first-order chi connectivity index (χ1) is 24.9. The maximum absolute atomic E-state index is 13.6. The molecule has 0 aromatic heterocycles. The molecule has 0 spiro atoms. The van der Waals surface area contributed by atoms with E-state index in [9.17, 15) is 35.1 Å². The summed E-state index contributed by atoms with van der Waals surface area (Å²) in [5.41, 5.74) is 0.210. The average molecular weight is 737 g/mol. The van der Waals surface area contributed by atoms with E-state index in [1.54, 1.807) is 50.3 Å². The molecule has 5 rings (SSSR count). The Morgan fingerprint density at radius 2 is 1.52 bits per heavy atom. The smallest absolute Gasteiger partial charge is 0.373 e. The third-order valence-corrected chi connectivity index (χ3v) is 10.6. The van der Waals surface area contributed by atoms with Crippen LogP contribution in [0.1, 0.15) is 83.0 Å². The highest BCUT2D eigenvalue weighted by Gasteiger charge is 2.53. The number of hydrogen-bond acceptors (Lipinski definition) is 14. The van der Waals surface area contributed by atoms with Gasteiger partial charge in [0.2, 0.25) is 5.76 Å². The Bertz CT molecular complexity index is 1320. The van der Waals surface area contributed by atoms with Gasteiger partial charge in [-0.3, -0.25) is 0 Å². The molecule has 0 amide bonds. The van der Waals surface area contributed by atoms with Crippen molar-refractivity contribution in [3.63, 3.8) is 0 Å². The maximum atomic E-state index is 13.6. The van der Waals surface area contributed by atoms with E-state index in [1.807, 2.05) is 13.8 Å². The average Bonchev–Trinajstić information content (AvgIpc) is 3.13. The summed E-state index contributed by atoms with van der Waals surface area (Å²) in [5.74, 6) is -1.64. The lowest BCUT2D eigenvalue weighted by Crippen LogP contribution is -2.63. The fourth-order valence-corrected chi connectivity index (χ4v) is 7.77. The summed E-state index contributed by atoms with van der Waals surface area (Å²) < 4.78 is 42.5. The van der Waals surface area contributed by atoms with Gasteiger partial charge in [0.15, 0.2) is 24.8 Å². The zero-order valence-corrected chi connectivity index (χ0v) is 30.4. The molecule has 14 heteroatoms. The van der Waals surface area contributed by atoms with E-state index in [0.29, 0.717) is 6.42 Å². The quantitative estimate of drug-likeness (QED) is 0.119. The van der Waals surface area contributed by atoms with Crippen molar-refractivity contribution in [3.8, 4) is 0 Å². The lowest BCUT2D eigenvalue weighted by molar-refractivity contribution is -0.346. The monoisotopic (exact) mass is 736 g/mol. The van der Waals surface area contributed by atoms with Crippen molar-refractivity contribution in [2.45, 2.75) is 146 Å². The van der Waals surface area contributed by atoms with Gasteiger partial charge >= 0.3 is 11.9 Å². The zero-order valence-electron chi connectivity index (χ0n) is 30.4. The molecule has 14 nitrogen and oxygen atoms in total. The van der Waals surface area contributed by atoms with Gasteiger partial charge in [0, 0.05) is 0 Å². The summed E-state index contributed by atoms with van der Waals surface area (Å²) in [4.78, 5) is 26.9. The van der Waals surface area contributed by atoms with Gasteiger partial charge in [0.25, 0.3) is 0 Å². The van der Waals surface area contributed by atoms with E-state index in [2.05, 4.69) is 0 Å². The minimum atomic E-state index is -1.57. The van der Waals surface area contributed by atoms with Crippen LogP contribution in [0.3, 0.4) is 0 Å². The van der Waals surface area contributed by atoms with Crippen molar-refractivity contribution in [2.75, 3.05) is 13.2 Å². The second-order valence-electron chi connectivity index (χ2n) is 14.7. The SMILES string of the molecule is CCOC(=O)/C(=C/C1CCCCC1)OC1C(O)C(CO)OC(OC2CC(C)CC(C)C2OC2OC(C)C(O)C(O)C2O)C1OC(=O)c1ccccc1. The fraction of sp³-hybridized carbons (Fsp3) is 0.737. The van der Waals surface area contributed by atoms with Gasteiger partial charge < -0.3 is 58.7 Å². The molecule has 0 bridgehead atoms. The molecular weight excluding hydrogens is 680 g/mol. The second-order valence-corrected chi connectivity index (χ2v) is 14.7. The standard InChI is InChI=1S/C38H56O14/c1-5-46-36(45)26(18-23-12-8-6-9-13-23)48-33-29(41)27(19-39)50-38(34(33)51-35(44)24-14-10-7-11-15-24)49-25-17-20(2)16-21(3)32(25)52-37-31(43)30(42)28(40)22(4)47-37/h7,10-11,14-15,18,20-23,25,27-34,37-43H,5-6,8-9,12-13,16-17,19H2,1-4H3/b26-18-.